The van der Waals surface area contributed by atoms with Gasteiger partial charge in [-0.2, -0.15) is 0 Å². The summed E-state index contributed by atoms with van der Waals surface area (Å²) in [6, 6.07) is 18.5. The highest BCUT2D eigenvalue weighted by Gasteiger charge is 2.29. The number of rotatable bonds is 9. The Morgan fingerprint density at radius 3 is 2.02 bits per heavy atom. The highest BCUT2D eigenvalue weighted by Crippen LogP contribution is 2.40. The lowest BCUT2D eigenvalue weighted by atomic mass is 9.94. The fourth-order valence-electron chi connectivity index (χ4n) is 4.87. The second-order valence-corrected chi connectivity index (χ2v) is 9.65. The predicted octanol–water partition coefficient (Wildman–Crippen LogP) is 7.01. The molecule has 3 aromatic heterocycles. The van der Waals surface area contributed by atoms with Crippen LogP contribution >= 0.6 is 0 Å². The summed E-state index contributed by atoms with van der Waals surface area (Å²) in [7, 11) is -2.71. The van der Waals surface area contributed by atoms with Crippen molar-refractivity contribution < 1.29 is 18.1 Å². The molecular weight excluding hydrogens is 509 g/mol. The first-order valence-electron chi connectivity index (χ1n) is 13.0. The van der Waals surface area contributed by atoms with Gasteiger partial charge in [0.1, 0.15) is 13.2 Å². The van der Waals surface area contributed by atoms with Gasteiger partial charge in [-0.05, 0) is 92.9 Å². The lowest BCUT2D eigenvalue weighted by Gasteiger charge is -2.19. The number of nitrogens with zero attached hydrogens (tertiary/aromatic N) is 4. The number of halogens is 2. The number of allylic oxidation sites excluding steroid dienone is 2. The number of pyridine rings is 2. The predicted molar refractivity (Wildman–Crippen MR) is 154 cm³/mol. The minimum atomic E-state index is -2.71. The Hall–Kier alpha value is -4.53. The molecule has 202 valence electrons. The Balaban J connectivity index is 1.63. The van der Waals surface area contributed by atoms with Gasteiger partial charge in [-0.1, -0.05) is 18.2 Å². The molecule has 0 spiro atoms. The number of benzene rings is 1. The largest absolute Gasteiger partial charge is 0.677 e. The Labute approximate surface area is 232 Å². The number of hydrogen-bond acceptors (Lipinski definition) is 5. The first-order valence-corrected chi connectivity index (χ1v) is 13.0. The molecule has 0 N–H and O–H groups in total. The van der Waals surface area contributed by atoms with E-state index in [9.17, 15) is 8.63 Å². The Morgan fingerprint density at radius 2 is 1.48 bits per heavy atom. The van der Waals surface area contributed by atoms with Crippen LogP contribution in [-0.2, 0) is 13.2 Å². The number of aliphatic imine (C=N–C) groups is 1. The molecule has 0 atom stereocenters. The SMILES string of the molecule is CC1=CC(C)=N/C1=C(/c1ccc(OCc2ccccn2)c(OCc2ccccn2)c1)c1c(C)cc(C)n1B(F)F. The molecule has 1 aromatic carbocycles. The smallest absolute Gasteiger partial charge is 0.483 e. The van der Waals surface area contributed by atoms with Crippen molar-refractivity contribution in [2.24, 2.45) is 4.99 Å². The molecule has 0 radical (unpaired) electrons. The van der Waals surface area contributed by atoms with Crippen LogP contribution in [0.2, 0.25) is 0 Å². The van der Waals surface area contributed by atoms with E-state index >= 15 is 0 Å². The molecule has 9 heteroatoms. The van der Waals surface area contributed by atoms with E-state index < -0.39 is 7.40 Å². The van der Waals surface area contributed by atoms with Gasteiger partial charge in [-0.25, -0.2) is 0 Å². The normalized spacial score (nSPS) is 14.1. The van der Waals surface area contributed by atoms with E-state index in [1.807, 2.05) is 75.4 Å². The third-order valence-corrected chi connectivity index (χ3v) is 6.61. The van der Waals surface area contributed by atoms with E-state index in [4.69, 9.17) is 14.5 Å². The Kier molecular flexibility index (Phi) is 7.91. The van der Waals surface area contributed by atoms with Crippen molar-refractivity contribution in [1.82, 2.24) is 14.4 Å². The molecule has 0 saturated carbocycles. The Bertz CT molecular complexity index is 1610. The standard InChI is InChI=1S/C31H29BF2N4O2/c1-20-15-22(3)37-30(20)29(31-21(2)16-23(4)38(31)32(33)34)24-11-12-27(39-18-25-9-5-7-13-35-25)28(17-24)40-19-26-10-6-8-14-36-26/h5-17H,18-19H2,1-4H3/b30-29-. The maximum atomic E-state index is 14.4. The molecule has 0 unspecified atom stereocenters. The summed E-state index contributed by atoms with van der Waals surface area (Å²) in [5.41, 5.74) is 6.81. The van der Waals surface area contributed by atoms with Crippen molar-refractivity contribution in [3.63, 3.8) is 0 Å². The quantitative estimate of drug-likeness (QED) is 0.215. The van der Waals surface area contributed by atoms with E-state index in [0.717, 1.165) is 32.7 Å². The zero-order valence-corrected chi connectivity index (χ0v) is 22.9. The van der Waals surface area contributed by atoms with Crippen molar-refractivity contribution in [2.45, 2.75) is 40.9 Å². The molecule has 1 aliphatic heterocycles. The van der Waals surface area contributed by atoms with Crippen molar-refractivity contribution in [3.05, 3.63) is 124 Å². The molecule has 0 fully saturated rings. The van der Waals surface area contributed by atoms with Gasteiger partial charge in [-0.3, -0.25) is 23.6 Å². The van der Waals surface area contributed by atoms with Crippen molar-refractivity contribution in [3.8, 4) is 11.5 Å². The average Bonchev–Trinajstić information content (AvgIpc) is 3.44. The molecule has 1 aliphatic rings. The summed E-state index contributed by atoms with van der Waals surface area (Å²) in [6.45, 7) is 7.82. The van der Waals surface area contributed by atoms with Gasteiger partial charge in [-0.15, -0.1) is 0 Å². The number of aromatic nitrogens is 3. The molecule has 0 aliphatic carbocycles. The minimum Gasteiger partial charge on any atom is -0.483 e. The fraction of sp³-hybridized carbons (Fsp3) is 0.194. The van der Waals surface area contributed by atoms with Gasteiger partial charge in [0.25, 0.3) is 0 Å². The molecule has 0 saturated heterocycles. The number of aryl methyl sites for hydroxylation is 2. The van der Waals surface area contributed by atoms with E-state index in [1.165, 1.54) is 0 Å². The van der Waals surface area contributed by atoms with Crippen LogP contribution in [0.15, 0.2) is 95.4 Å². The van der Waals surface area contributed by atoms with Gasteiger partial charge >= 0.3 is 7.40 Å². The second kappa shape index (κ2) is 11.7. The fourth-order valence-corrected chi connectivity index (χ4v) is 4.87. The highest BCUT2D eigenvalue weighted by molar-refractivity contribution is 6.41. The summed E-state index contributed by atoms with van der Waals surface area (Å²) < 4.78 is 42.2. The van der Waals surface area contributed by atoms with Gasteiger partial charge in [0.05, 0.1) is 17.1 Å². The van der Waals surface area contributed by atoms with Gasteiger partial charge in [0.15, 0.2) is 11.5 Å². The Morgan fingerprint density at radius 1 is 0.825 bits per heavy atom. The zero-order chi connectivity index (χ0) is 28.2. The van der Waals surface area contributed by atoms with E-state index in [1.54, 1.807) is 31.5 Å². The topological polar surface area (TPSA) is 61.5 Å². The first-order chi connectivity index (χ1) is 19.3. The van der Waals surface area contributed by atoms with Crippen LogP contribution in [0.3, 0.4) is 0 Å². The van der Waals surface area contributed by atoms with Crippen LogP contribution < -0.4 is 9.47 Å². The lowest BCUT2D eigenvalue weighted by Crippen LogP contribution is -2.18. The molecule has 4 aromatic rings. The van der Waals surface area contributed by atoms with Crippen LogP contribution in [0.25, 0.3) is 5.57 Å². The van der Waals surface area contributed by atoms with Crippen LogP contribution in [0, 0.1) is 13.8 Å². The summed E-state index contributed by atoms with van der Waals surface area (Å²) in [5.74, 6) is 0.965. The first kappa shape index (κ1) is 27.1. The molecule has 5 rings (SSSR count). The summed E-state index contributed by atoms with van der Waals surface area (Å²) in [5, 5.41) is 0. The molecule has 6 nitrogen and oxygen atoms in total. The number of hydrogen-bond donors (Lipinski definition) is 0. The minimum absolute atomic E-state index is 0.206. The highest BCUT2D eigenvalue weighted by atomic mass is 19.2. The van der Waals surface area contributed by atoms with Gasteiger partial charge in [0, 0.05) is 35.1 Å². The van der Waals surface area contributed by atoms with E-state index in [0.29, 0.717) is 39.7 Å². The van der Waals surface area contributed by atoms with Gasteiger partial charge < -0.3 is 14.0 Å². The van der Waals surface area contributed by atoms with Crippen LogP contribution in [0.1, 0.15) is 47.8 Å². The molecule has 0 bridgehead atoms. The van der Waals surface area contributed by atoms with Crippen LogP contribution in [0.4, 0.5) is 8.63 Å². The van der Waals surface area contributed by atoms with Crippen LogP contribution in [-0.4, -0.2) is 27.6 Å². The molecule has 40 heavy (non-hydrogen) atoms. The molecule has 0 amide bonds. The van der Waals surface area contributed by atoms with Gasteiger partial charge in [0.2, 0.25) is 0 Å². The third-order valence-electron chi connectivity index (χ3n) is 6.61. The maximum Gasteiger partial charge on any atom is 0.677 e. The lowest BCUT2D eigenvalue weighted by molar-refractivity contribution is 0.252. The second-order valence-electron chi connectivity index (χ2n) is 9.65. The number of ether oxygens (including phenoxy) is 2. The molecular formula is C31H29BF2N4O2. The summed E-state index contributed by atoms with van der Waals surface area (Å²) >= 11 is 0. The molecule has 4 heterocycles. The zero-order valence-electron chi connectivity index (χ0n) is 22.9. The summed E-state index contributed by atoms with van der Waals surface area (Å²) in [6.07, 6.45) is 5.37. The van der Waals surface area contributed by atoms with Crippen molar-refractivity contribution >= 4 is 18.7 Å². The summed E-state index contributed by atoms with van der Waals surface area (Å²) in [4.78, 5) is 13.4. The van der Waals surface area contributed by atoms with E-state index in [-0.39, 0.29) is 13.2 Å². The average molecular weight is 538 g/mol. The monoisotopic (exact) mass is 538 g/mol. The van der Waals surface area contributed by atoms with Crippen molar-refractivity contribution in [2.75, 3.05) is 0 Å². The van der Waals surface area contributed by atoms with Crippen LogP contribution in [0.5, 0.6) is 11.5 Å². The maximum absolute atomic E-state index is 14.4. The third kappa shape index (κ3) is 5.73. The van der Waals surface area contributed by atoms with Crippen molar-refractivity contribution in [1.29, 1.82) is 0 Å². The van der Waals surface area contributed by atoms with E-state index in [2.05, 4.69) is 9.97 Å².